The first kappa shape index (κ1) is 28.6. The molecule has 1 amide bonds. The summed E-state index contributed by atoms with van der Waals surface area (Å²) < 4.78 is 11.2. The van der Waals surface area contributed by atoms with Crippen molar-refractivity contribution in [3.63, 3.8) is 0 Å². The third-order valence-corrected chi connectivity index (χ3v) is 6.99. The first-order valence-electron chi connectivity index (χ1n) is 14.0. The van der Waals surface area contributed by atoms with E-state index in [0.29, 0.717) is 23.4 Å². The molecule has 6 heteroatoms. The predicted octanol–water partition coefficient (Wildman–Crippen LogP) is 8.22. The lowest BCUT2D eigenvalue weighted by Crippen LogP contribution is -2.16. The zero-order valence-corrected chi connectivity index (χ0v) is 24.5. The summed E-state index contributed by atoms with van der Waals surface area (Å²) in [6, 6.07) is 28.6. The molecule has 5 rings (SSSR count). The van der Waals surface area contributed by atoms with Gasteiger partial charge in [-0.05, 0) is 106 Å². The van der Waals surface area contributed by atoms with Crippen LogP contribution in [0.3, 0.4) is 0 Å². The highest BCUT2D eigenvalue weighted by molar-refractivity contribution is 6.15. The number of rotatable bonds is 8. The van der Waals surface area contributed by atoms with Crippen molar-refractivity contribution in [1.82, 2.24) is 4.98 Å². The molecule has 0 fully saturated rings. The second-order valence-corrected chi connectivity index (χ2v) is 10.7. The lowest BCUT2D eigenvalue weighted by molar-refractivity contribution is 0.0378. The van der Waals surface area contributed by atoms with Gasteiger partial charge in [-0.15, -0.1) is 0 Å². The van der Waals surface area contributed by atoms with Crippen molar-refractivity contribution in [3.05, 3.63) is 124 Å². The molecule has 6 nitrogen and oxygen atoms in total. The normalized spacial score (nSPS) is 11.0. The number of anilines is 1. The number of aromatic nitrogens is 1. The van der Waals surface area contributed by atoms with Gasteiger partial charge in [-0.3, -0.25) is 4.79 Å². The fourth-order valence-electron chi connectivity index (χ4n) is 5.00. The quantitative estimate of drug-likeness (QED) is 0.194. The molecule has 0 saturated carbocycles. The molecule has 0 spiro atoms. The molecule has 1 aromatic heterocycles. The highest BCUT2D eigenvalue weighted by Crippen LogP contribution is 2.33. The molecule has 0 aliphatic carbocycles. The summed E-state index contributed by atoms with van der Waals surface area (Å²) in [6.45, 7) is 10.0. The van der Waals surface area contributed by atoms with E-state index in [-0.39, 0.29) is 12.0 Å². The summed E-state index contributed by atoms with van der Waals surface area (Å²) in [5.74, 6) is 0.115. The summed E-state index contributed by atoms with van der Waals surface area (Å²) in [7, 11) is 0. The topological polar surface area (TPSA) is 77.5 Å². The van der Waals surface area contributed by atoms with Crippen molar-refractivity contribution in [3.8, 4) is 17.0 Å². The smallest absolute Gasteiger partial charge is 0.338 e. The Hall–Kier alpha value is -4.97. The molecule has 0 aliphatic heterocycles. The molecule has 5 aromatic rings. The highest BCUT2D eigenvalue weighted by Gasteiger charge is 2.21. The van der Waals surface area contributed by atoms with Crippen LogP contribution in [0.15, 0.2) is 91.0 Å². The second kappa shape index (κ2) is 12.3. The van der Waals surface area contributed by atoms with Crippen molar-refractivity contribution in [2.24, 2.45) is 0 Å². The van der Waals surface area contributed by atoms with E-state index in [1.165, 1.54) is 0 Å². The number of carbonyl (C=O) groups excluding carboxylic acids is 2. The number of esters is 1. The Morgan fingerprint density at radius 3 is 2.21 bits per heavy atom. The van der Waals surface area contributed by atoms with Crippen LogP contribution in [0.2, 0.25) is 0 Å². The maximum atomic E-state index is 13.8. The Kier molecular flexibility index (Phi) is 8.34. The van der Waals surface area contributed by atoms with Gasteiger partial charge in [0, 0.05) is 16.6 Å². The highest BCUT2D eigenvalue weighted by atomic mass is 16.5. The molecule has 0 bridgehead atoms. The summed E-state index contributed by atoms with van der Waals surface area (Å²) >= 11 is 0. The Morgan fingerprint density at radius 1 is 0.857 bits per heavy atom. The molecule has 4 aromatic carbocycles. The van der Waals surface area contributed by atoms with Crippen molar-refractivity contribution in [1.29, 1.82) is 0 Å². The number of amides is 1. The number of fused-ring (bicyclic) bond motifs is 1. The van der Waals surface area contributed by atoms with Gasteiger partial charge in [-0.2, -0.15) is 0 Å². The van der Waals surface area contributed by atoms with Crippen LogP contribution in [-0.2, 0) is 11.3 Å². The van der Waals surface area contributed by atoms with Gasteiger partial charge in [0.05, 0.1) is 28.4 Å². The molecule has 0 radical (unpaired) electrons. The maximum Gasteiger partial charge on any atom is 0.338 e. The van der Waals surface area contributed by atoms with Gasteiger partial charge < -0.3 is 14.8 Å². The first-order chi connectivity index (χ1) is 20.2. The summed E-state index contributed by atoms with van der Waals surface area (Å²) in [4.78, 5) is 31.1. The number of ether oxygens (including phenoxy) is 2. The van der Waals surface area contributed by atoms with Crippen LogP contribution >= 0.6 is 0 Å². The van der Waals surface area contributed by atoms with Crippen LogP contribution in [0, 0.1) is 20.8 Å². The second-order valence-electron chi connectivity index (χ2n) is 10.7. The van der Waals surface area contributed by atoms with E-state index < -0.39 is 5.97 Å². The minimum Gasteiger partial charge on any atom is -0.489 e. The summed E-state index contributed by atoms with van der Waals surface area (Å²) in [6.07, 6.45) is -0.209. The fraction of sp³-hybridized carbons (Fsp3) is 0.194. The van der Waals surface area contributed by atoms with Gasteiger partial charge >= 0.3 is 5.97 Å². The average molecular weight is 559 g/mol. The summed E-state index contributed by atoms with van der Waals surface area (Å²) in [5.41, 5.74) is 7.90. The monoisotopic (exact) mass is 558 g/mol. The minimum atomic E-state index is -0.397. The number of benzene rings is 4. The molecule has 0 atom stereocenters. The molecule has 0 saturated heterocycles. The number of pyridine rings is 1. The Labute approximate surface area is 246 Å². The van der Waals surface area contributed by atoms with E-state index in [1.54, 1.807) is 38.1 Å². The molecule has 1 heterocycles. The van der Waals surface area contributed by atoms with Crippen molar-refractivity contribution in [2.45, 2.75) is 47.3 Å². The van der Waals surface area contributed by atoms with Crippen LogP contribution in [0.25, 0.3) is 22.2 Å². The first-order valence-corrected chi connectivity index (χ1v) is 14.0. The number of carbonyl (C=O) groups is 2. The van der Waals surface area contributed by atoms with E-state index in [9.17, 15) is 9.59 Å². The van der Waals surface area contributed by atoms with Crippen LogP contribution < -0.4 is 10.1 Å². The van der Waals surface area contributed by atoms with E-state index in [2.05, 4.69) is 11.4 Å². The average Bonchev–Trinajstić information content (AvgIpc) is 2.96. The van der Waals surface area contributed by atoms with E-state index in [0.717, 1.165) is 50.2 Å². The van der Waals surface area contributed by atoms with Crippen LogP contribution in [-0.4, -0.2) is 23.0 Å². The van der Waals surface area contributed by atoms with Crippen molar-refractivity contribution in [2.75, 3.05) is 5.32 Å². The molecule has 0 aliphatic rings. The lowest BCUT2D eigenvalue weighted by Gasteiger charge is -2.17. The molecule has 0 unspecified atom stereocenters. The number of hydrogen-bond acceptors (Lipinski definition) is 5. The van der Waals surface area contributed by atoms with E-state index in [4.69, 9.17) is 14.5 Å². The predicted molar refractivity (Wildman–Crippen MR) is 167 cm³/mol. The molecular formula is C36H34N2O4. The van der Waals surface area contributed by atoms with Crippen LogP contribution in [0.4, 0.5) is 5.69 Å². The Bertz CT molecular complexity index is 1740. The van der Waals surface area contributed by atoms with Gasteiger partial charge in [0.2, 0.25) is 0 Å². The van der Waals surface area contributed by atoms with Crippen molar-refractivity contribution >= 4 is 28.5 Å². The number of aryl methyl sites for hydroxylation is 2. The van der Waals surface area contributed by atoms with Crippen molar-refractivity contribution < 1.29 is 19.1 Å². The third kappa shape index (κ3) is 6.33. The molecule has 212 valence electrons. The number of nitrogens with one attached hydrogen (secondary N) is 1. The summed E-state index contributed by atoms with van der Waals surface area (Å²) in [5, 5.41) is 3.82. The number of nitrogens with zero attached hydrogens (tertiary/aromatic N) is 1. The molecule has 42 heavy (non-hydrogen) atoms. The molecular weight excluding hydrogens is 524 g/mol. The maximum absolute atomic E-state index is 13.8. The van der Waals surface area contributed by atoms with Gasteiger partial charge in [0.1, 0.15) is 12.4 Å². The zero-order chi connectivity index (χ0) is 29.8. The third-order valence-electron chi connectivity index (χ3n) is 6.99. The number of hydrogen-bond donors (Lipinski definition) is 1. The fourth-order valence-corrected chi connectivity index (χ4v) is 5.00. The van der Waals surface area contributed by atoms with E-state index >= 15 is 0 Å². The molecule has 1 N–H and O–H groups in total. The van der Waals surface area contributed by atoms with Gasteiger partial charge in [-0.25, -0.2) is 9.78 Å². The zero-order valence-electron chi connectivity index (χ0n) is 24.5. The standard InChI is InChI=1S/C36H34N2O4/c1-22(2)42-36(40)28-11-15-29(16-12-28)37-35(39)32-25(5)34(38-33-24(4)19-23(3)20-31(32)33)27-13-17-30(18-14-27)41-21-26-9-7-6-8-10-26/h6-20,22H,21H2,1-5H3,(H,37,39). The van der Waals surface area contributed by atoms with Crippen LogP contribution in [0.5, 0.6) is 5.75 Å². The van der Waals surface area contributed by atoms with Gasteiger partial charge in [0.25, 0.3) is 5.91 Å². The lowest BCUT2D eigenvalue weighted by atomic mass is 9.94. The van der Waals surface area contributed by atoms with Gasteiger partial charge in [0.15, 0.2) is 0 Å². The van der Waals surface area contributed by atoms with E-state index in [1.807, 2.05) is 81.4 Å². The van der Waals surface area contributed by atoms with Crippen LogP contribution in [0.1, 0.15) is 56.8 Å². The minimum absolute atomic E-state index is 0.209. The van der Waals surface area contributed by atoms with Gasteiger partial charge in [-0.1, -0.05) is 42.0 Å². The Balaban J connectivity index is 1.47. The SMILES string of the molecule is Cc1cc(C)c2nc(-c3ccc(OCc4ccccc4)cc3)c(C)c(C(=O)Nc3ccc(C(=O)OC(C)C)cc3)c2c1. The Morgan fingerprint density at radius 2 is 1.55 bits per heavy atom. The largest absolute Gasteiger partial charge is 0.489 e.